The molecule has 1 fully saturated rings. The number of rotatable bonds is 4. The van der Waals surface area contributed by atoms with Crippen molar-refractivity contribution >= 4 is 8.32 Å². The van der Waals surface area contributed by atoms with Crippen LogP contribution in [0.4, 0.5) is 0 Å². The van der Waals surface area contributed by atoms with E-state index >= 15 is 0 Å². The molecule has 2 atom stereocenters. The van der Waals surface area contributed by atoms with Gasteiger partial charge < -0.3 is 9.53 Å². The second kappa shape index (κ2) is 7.39. The molecule has 1 aliphatic rings. The van der Waals surface area contributed by atoms with Gasteiger partial charge in [0, 0.05) is 6.61 Å². The third-order valence-electron chi connectivity index (χ3n) is 5.88. The van der Waals surface area contributed by atoms with Gasteiger partial charge in [0.05, 0.1) is 0 Å². The van der Waals surface area contributed by atoms with E-state index in [1.54, 1.807) is 0 Å². The quantitative estimate of drug-likeness (QED) is 0.563. The standard InChI is InChI=1S/C20H34O2Si/c1-20(2,3)23(4,5)22-19-13-11-18(12-14-19)17-8-6-7-16(15-21)9-10-17/h11-14,16-17,21H,6-10,15H2,1-5H3. The van der Waals surface area contributed by atoms with Crippen molar-refractivity contribution in [2.75, 3.05) is 6.61 Å². The van der Waals surface area contributed by atoms with Crippen LogP contribution < -0.4 is 4.43 Å². The van der Waals surface area contributed by atoms with E-state index in [4.69, 9.17) is 4.43 Å². The van der Waals surface area contributed by atoms with E-state index in [0.29, 0.717) is 18.4 Å². The lowest BCUT2D eigenvalue weighted by Gasteiger charge is -2.36. The predicted molar refractivity (Wildman–Crippen MR) is 101 cm³/mol. The van der Waals surface area contributed by atoms with Gasteiger partial charge in [0.2, 0.25) is 8.32 Å². The van der Waals surface area contributed by atoms with Gasteiger partial charge in [0.15, 0.2) is 0 Å². The largest absolute Gasteiger partial charge is 0.544 e. The number of aliphatic hydroxyl groups excluding tert-OH is 1. The van der Waals surface area contributed by atoms with Gasteiger partial charge in [-0.1, -0.05) is 39.3 Å². The van der Waals surface area contributed by atoms with Crippen LogP contribution in [0, 0.1) is 5.92 Å². The minimum atomic E-state index is -1.75. The molecule has 23 heavy (non-hydrogen) atoms. The van der Waals surface area contributed by atoms with Crippen molar-refractivity contribution < 1.29 is 9.53 Å². The van der Waals surface area contributed by atoms with Gasteiger partial charge in [-0.15, -0.1) is 0 Å². The normalized spacial score (nSPS) is 23.4. The molecule has 0 amide bonds. The van der Waals surface area contributed by atoms with Crippen molar-refractivity contribution in [1.82, 2.24) is 0 Å². The third kappa shape index (κ3) is 4.83. The molecule has 1 aromatic rings. The van der Waals surface area contributed by atoms with E-state index in [-0.39, 0.29) is 5.04 Å². The highest BCUT2D eigenvalue weighted by Crippen LogP contribution is 2.38. The third-order valence-corrected chi connectivity index (χ3v) is 10.2. The molecule has 1 N–H and O–H groups in total. The summed E-state index contributed by atoms with van der Waals surface area (Å²) in [6.45, 7) is 11.8. The molecule has 0 spiro atoms. The average molecular weight is 335 g/mol. The first-order chi connectivity index (χ1) is 10.7. The molecule has 0 bridgehead atoms. The fraction of sp³-hybridized carbons (Fsp3) is 0.700. The van der Waals surface area contributed by atoms with Gasteiger partial charge in [-0.05, 0) is 73.3 Å². The summed E-state index contributed by atoms with van der Waals surface area (Å²) in [6, 6.07) is 8.83. The molecule has 0 radical (unpaired) electrons. The Morgan fingerprint density at radius 2 is 1.70 bits per heavy atom. The minimum Gasteiger partial charge on any atom is -0.544 e. The lowest BCUT2D eigenvalue weighted by atomic mass is 9.91. The van der Waals surface area contributed by atoms with Crippen molar-refractivity contribution in [2.24, 2.45) is 5.92 Å². The zero-order valence-electron chi connectivity index (χ0n) is 15.6. The van der Waals surface area contributed by atoms with E-state index in [1.807, 2.05) is 0 Å². The molecule has 1 aliphatic carbocycles. The molecule has 1 saturated carbocycles. The maximum atomic E-state index is 9.37. The van der Waals surface area contributed by atoms with Gasteiger partial charge in [-0.25, -0.2) is 0 Å². The van der Waals surface area contributed by atoms with Crippen LogP contribution in [0.15, 0.2) is 24.3 Å². The first-order valence-corrected chi connectivity index (χ1v) is 12.0. The Bertz CT molecular complexity index is 487. The van der Waals surface area contributed by atoms with Crippen LogP contribution in [0.2, 0.25) is 18.1 Å². The van der Waals surface area contributed by atoms with E-state index in [2.05, 4.69) is 58.1 Å². The Kier molecular flexibility index (Phi) is 5.96. The Morgan fingerprint density at radius 3 is 2.26 bits per heavy atom. The Balaban J connectivity index is 2.02. The van der Waals surface area contributed by atoms with Gasteiger partial charge in [0.25, 0.3) is 0 Å². The molecule has 0 saturated heterocycles. The van der Waals surface area contributed by atoms with Gasteiger partial charge in [-0.3, -0.25) is 0 Å². The molecule has 0 aliphatic heterocycles. The van der Waals surface area contributed by atoms with Gasteiger partial charge >= 0.3 is 0 Å². The summed E-state index contributed by atoms with van der Waals surface area (Å²) >= 11 is 0. The summed E-state index contributed by atoms with van der Waals surface area (Å²) in [7, 11) is -1.75. The molecule has 0 aromatic heterocycles. The van der Waals surface area contributed by atoms with Crippen LogP contribution >= 0.6 is 0 Å². The van der Waals surface area contributed by atoms with Crippen molar-refractivity contribution in [3.63, 3.8) is 0 Å². The van der Waals surface area contributed by atoms with Crippen LogP contribution in [-0.4, -0.2) is 20.0 Å². The van der Waals surface area contributed by atoms with E-state index in [0.717, 1.165) is 12.2 Å². The van der Waals surface area contributed by atoms with Crippen molar-refractivity contribution in [3.05, 3.63) is 29.8 Å². The Hall–Kier alpha value is -0.803. The molecular formula is C20H34O2Si. The monoisotopic (exact) mass is 334 g/mol. The molecule has 2 nitrogen and oxygen atoms in total. The number of benzene rings is 1. The van der Waals surface area contributed by atoms with Crippen molar-refractivity contribution in [1.29, 1.82) is 0 Å². The highest BCUT2D eigenvalue weighted by molar-refractivity contribution is 6.74. The first-order valence-electron chi connectivity index (χ1n) is 9.13. The number of hydrogen-bond acceptors (Lipinski definition) is 2. The van der Waals surface area contributed by atoms with Crippen LogP contribution in [0.3, 0.4) is 0 Å². The SMILES string of the molecule is CC(C)(C)[Si](C)(C)Oc1ccc(C2CCCC(CO)CC2)cc1. The molecule has 2 rings (SSSR count). The topological polar surface area (TPSA) is 29.5 Å². The van der Waals surface area contributed by atoms with Crippen molar-refractivity contribution in [3.8, 4) is 5.75 Å². The Labute approximate surface area is 143 Å². The fourth-order valence-corrected chi connectivity index (χ4v) is 4.18. The van der Waals surface area contributed by atoms with Gasteiger partial charge in [-0.2, -0.15) is 0 Å². The van der Waals surface area contributed by atoms with E-state index in [1.165, 1.54) is 31.2 Å². The van der Waals surface area contributed by atoms with Crippen LogP contribution in [0.25, 0.3) is 0 Å². The zero-order valence-corrected chi connectivity index (χ0v) is 16.6. The fourth-order valence-electron chi connectivity index (χ4n) is 3.15. The van der Waals surface area contributed by atoms with Crippen LogP contribution in [-0.2, 0) is 0 Å². The first kappa shape index (κ1) is 18.5. The molecular weight excluding hydrogens is 300 g/mol. The van der Waals surface area contributed by atoms with Crippen molar-refractivity contribution in [2.45, 2.75) is 76.9 Å². The van der Waals surface area contributed by atoms with E-state index < -0.39 is 8.32 Å². The predicted octanol–water partition coefficient (Wildman–Crippen LogP) is 5.73. The molecule has 130 valence electrons. The maximum Gasteiger partial charge on any atom is 0.250 e. The summed E-state index contributed by atoms with van der Waals surface area (Å²) in [5.74, 6) is 2.18. The summed E-state index contributed by atoms with van der Waals surface area (Å²) in [6.07, 6.45) is 6.02. The highest BCUT2D eigenvalue weighted by Gasteiger charge is 2.38. The van der Waals surface area contributed by atoms with Crippen LogP contribution in [0.5, 0.6) is 5.75 Å². The summed E-state index contributed by atoms with van der Waals surface area (Å²) in [5, 5.41) is 9.60. The maximum absolute atomic E-state index is 9.37. The zero-order chi connectivity index (χ0) is 17.1. The summed E-state index contributed by atoms with van der Waals surface area (Å²) in [4.78, 5) is 0. The van der Waals surface area contributed by atoms with E-state index in [9.17, 15) is 5.11 Å². The second-order valence-electron chi connectivity index (χ2n) is 8.69. The summed E-state index contributed by atoms with van der Waals surface area (Å²) < 4.78 is 6.37. The second-order valence-corrected chi connectivity index (χ2v) is 13.4. The minimum absolute atomic E-state index is 0.228. The molecule has 3 heteroatoms. The smallest absolute Gasteiger partial charge is 0.250 e. The lowest BCUT2D eigenvalue weighted by Crippen LogP contribution is -2.43. The summed E-state index contributed by atoms with van der Waals surface area (Å²) in [5.41, 5.74) is 1.44. The molecule has 2 unspecified atom stereocenters. The molecule has 1 aromatic carbocycles. The number of aliphatic hydroxyl groups is 1. The lowest BCUT2D eigenvalue weighted by molar-refractivity contribution is 0.212. The average Bonchev–Trinajstić information content (AvgIpc) is 2.72. The van der Waals surface area contributed by atoms with Crippen LogP contribution in [0.1, 0.15) is 64.4 Å². The molecule has 0 heterocycles. The number of hydrogen-bond donors (Lipinski definition) is 1. The Morgan fingerprint density at radius 1 is 1.04 bits per heavy atom. The highest BCUT2D eigenvalue weighted by atomic mass is 28.4. The van der Waals surface area contributed by atoms with Gasteiger partial charge in [0.1, 0.15) is 5.75 Å².